The van der Waals surface area contributed by atoms with Crippen LogP contribution in [-0.4, -0.2) is 23.9 Å². The molecule has 106 valence electrons. The third-order valence-electron chi connectivity index (χ3n) is 1.86. The summed E-state index contributed by atoms with van der Waals surface area (Å²) in [4.78, 5) is 14.2. The molecule has 0 aromatic carbocycles. The van der Waals surface area contributed by atoms with Gasteiger partial charge in [-0.1, -0.05) is 0 Å². The number of pyridine rings is 1. The first-order valence-electron chi connectivity index (χ1n) is 4.96. The molecule has 1 aromatic rings. The molecule has 4 nitrogen and oxygen atoms in total. The van der Waals surface area contributed by atoms with Gasteiger partial charge in [0, 0.05) is 5.56 Å². The first kappa shape index (κ1) is 15.1. The average Bonchev–Trinajstić information content (AvgIpc) is 2.29. The molecular formula is C10H8F5NO3. The Morgan fingerprint density at radius 2 is 2.05 bits per heavy atom. The lowest BCUT2D eigenvalue weighted by molar-refractivity contribution is -0.275. The summed E-state index contributed by atoms with van der Waals surface area (Å²) in [5.41, 5.74) is -1.28. The molecule has 0 saturated carbocycles. The van der Waals surface area contributed by atoms with Gasteiger partial charge in [0.25, 0.3) is 5.95 Å². The fourth-order valence-electron chi connectivity index (χ4n) is 1.19. The molecule has 0 unspecified atom stereocenters. The van der Waals surface area contributed by atoms with Crippen LogP contribution < -0.4 is 4.74 Å². The molecule has 1 aromatic heterocycles. The smallest absolute Gasteiger partial charge is 0.461 e. The summed E-state index contributed by atoms with van der Waals surface area (Å²) < 4.78 is 69.4. The van der Waals surface area contributed by atoms with E-state index in [2.05, 4.69) is 14.5 Å². The van der Waals surface area contributed by atoms with Gasteiger partial charge in [0.15, 0.2) is 11.4 Å². The lowest BCUT2D eigenvalue weighted by Crippen LogP contribution is -2.20. The zero-order chi connectivity index (χ0) is 14.6. The van der Waals surface area contributed by atoms with E-state index in [1.807, 2.05) is 0 Å². The van der Waals surface area contributed by atoms with Gasteiger partial charge in [-0.3, -0.25) is 0 Å². The highest BCUT2D eigenvalue weighted by atomic mass is 19.4. The largest absolute Gasteiger partial charge is 0.573 e. The Kier molecular flexibility index (Phi) is 4.62. The van der Waals surface area contributed by atoms with E-state index in [0.29, 0.717) is 6.07 Å². The molecule has 9 heteroatoms. The average molecular weight is 285 g/mol. The number of aromatic nitrogens is 1. The van der Waals surface area contributed by atoms with Gasteiger partial charge >= 0.3 is 12.3 Å². The normalized spacial score (nSPS) is 11.3. The van der Waals surface area contributed by atoms with E-state index >= 15 is 0 Å². The van der Waals surface area contributed by atoms with Crippen LogP contribution in [-0.2, 0) is 11.4 Å². The molecule has 1 rings (SSSR count). The predicted molar refractivity (Wildman–Crippen MR) is 51.6 cm³/mol. The van der Waals surface area contributed by atoms with E-state index in [0.717, 1.165) is 0 Å². The molecule has 0 N–H and O–H groups in total. The van der Waals surface area contributed by atoms with Crippen LogP contribution in [0, 0.1) is 5.95 Å². The fourth-order valence-corrected chi connectivity index (χ4v) is 1.19. The summed E-state index contributed by atoms with van der Waals surface area (Å²) in [6, 6.07) is 0.419. The minimum atomic E-state index is -5.15. The molecule has 0 amide bonds. The molecule has 0 fully saturated rings. The van der Waals surface area contributed by atoms with Crippen molar-refractivity contribution < 1.29 is 36.2 Å². The van der Waals surface area contributed by atoms with Crippen LogP contribution in [0.2, 0.25) is 0 Å². The number of hydrogen-bond acceptors (Lipinski definition) is 4. The van der Waals surface area contributed by atoms with Gasteiger partial charge < -0.3 is 9.47 Å². The van der Waals surface area contributed by atoms with E-state index < -0.39 is 42.0 Å². The molecular weight excluding hydrogens is 277 g/mol. The second kappa shape index (κ2) is 5.81. The topological polar surface area (TPSA) is 48.4 Å². The van der Waals surface area contributed by atoms with Crippen LogP contribution in [0.3, 0.4) is 0 Å². The highest BCUT2D eigenvalue weighted by Crippen LogP contribution is 2.27. The zero-order valence-corrected chi connectivity index (χ0v) is 9.55. The molecule has 0 saturated heterocycles. The van der Waals surface area contributed by atoms with Crippen LogP contribution in [0.25, 0.3) is 0 Å². The summed E-state index contributed by atoms with van der Waals surface area (Å²) >= 11 is 0. The molecule has 19 heavy (non-hydrogen) atoms. The summed E-state index contributed by atoms with van der Waals surface area (Å²) in [6.07, 6.45) is -5.15. The van der Waals surface area contributed by atoms with Crippen molar-refractivity contribution in [2.24, 2.45) is 0 Å². The van der Waals surface area contributed by atoms with Crippen LogP contribution in [0.1, 0.15) is 23.0 Å². The Morgan fingerprint density at radius 3 is 2.53 bits per heavy atom. The monoisotopic (exact) mass is 285 g/mol. The molecule has 1 heterocycles. The summed E-state index contributed by atoms with van der Waals surface area (Å²) in [5.74, 6) is -4.13. The van der Waals surface area contributed by atoms with Gasteiger partial charge in [0.05, 0.1) is 6.61 Å². The number of nitrogens with zero attached hydrogens (tertiary/aromatic N) is 1. The highest BCUT2D eigenvalue weighted by Gasteiger charge is 2.33. The highest BCUT2D eigenvalue weighted by molar-refractivity contribution is 5.89. The van der Waals surface area contributed by atoms with E-state index in [1.54, 1.807) is 0 Å². The van der Waals surface area contributed by atoms with Crippen LogP contribution in [0.4, 0.5) is 22.0 Å². The second-order valence-corrected chi connectivity index (χ2v) is 3.19. The molecule has 0 atom stereocenters. The van der Waals surface area contributed by atoms with Gasteiger partial charge in [-0.15, -0.1) is 13.2 Å². The van der Waals surface area contributed by atoms with Gasteiger partial charge in [-0.25, -0.2) is 14.2 Å². The molecule has 0 aliphatic carbocycles. The molecule has 0 spiro atoms. The lowest BCUT2D eigenvalue weighted by atomic mass is 10.2. The van der Waals surface area contributed by atoms with Crippen LogP contribution in [0.15, 0.2) is 6.07 Å². The van der Waals surface area contributed by atoms with Gasteiger partial charge in [-0.05, 0) is 13.0 Å². The fraction of sp³-hybridized carbons (Fsp3) is 0.400. The Labute approximate surface area is 104 Å². The quantitative estimate of drug-likeness (QED) is 0.485. The van der Waals surface area contributed by atoms with Crippen molar-refractivity contribution in [1.29, 1.82) is 0 Å². The maximum atomic E-state index is 13.2. The number of hydrogen-bond donors (Lipinski definition) is 0. The second-order valence-electron chi connectivity index (χ2n) is 3.19. The maximum absolute atomic E-state index is 13.2. The predicted octanol–water partition coefficient (Wildman–Crippen LogP) is 2.77. The number of carbonyl (C=O) groups excluding carboxylic acids is 1. The minimum absolute atomic E-state index is 0.0747. The standard InChI is InChI=1S/C10H8F5NO3/c1-2-18-9(17)7-5(4-11)3-6(8(12)16-7)19-10(13,14)15/h3H,2,4H2,1H3. The summed E-state index contributed by atoms with van der Waals surface area (Å²) in [7, 11) is 0. The Bertz CT molecular complexity index is 475. The third kappa shape index (κ3) is 4.04. The zero-order valence-electron chi connectivity index (χ0n) is 9.55. The maximum Gasteiger partial charge on any atom is 0.573 e. The van der Waals surface area contributed by atoms with E-state index in [1.165, 1.54) is 6.92 Å². The third-order valence-corrected chi connectivity index (χ3v) is 1.86. The Morgan fingerprint density at radius 1 is 1.42 bits per heavy atom. The van der Waals surface area contributed by atoms with E-state index in [4.69, 9.17) is 0 Å². The Hall–Kier alpha value is -1.93. The molecule has 0 bridgehead atoms. The van der Waals surface area contributed by atoms with Crippen molar-refractivity contribution in [3.8, 4) is 5.75 Å². The van der Waals surface area contributed by atoms with Crippen molar-refractivity contribution in [2.75, 3.05) is 6.61 Å². The lowest BCUT2D eigenvalue weighted by Gasteiger charge is -2.11. The van der Waals surface area contributed by atoms with Crippen molar-refractivity contribution in [2.45, 2.75) is 20.0 Å². The minimum Gasteiger partial charge on any atom is -0.461 e. The van der Waals surface area contributed by atoms with Crippen LogP contribution in [0.5, 0.6) is 5.75 Å². The van der Waals surface area contributed by atoms with Gasteiger partial charge in [0.2, 0.25) is 0 Å². The summed E-state index contributed by atoms with van der Waals surface area (Å²) in [6.45, 7) is 0.0504. The van der Waals surface area contributed by atoms with E-state index in [9.17, 15) is 26.7 Å². The molecule has 0 aliphatic heterocycles. The number of esters is 1. The number of halogens is 5. The first-order chi connectivity index (χ1) is 8.78. The number of rotatable bonds is 4. The number of alkyl halides is 4. The van der Waals surface area contributed by atoms with Gasteiger partial charge in [-0.2, -0.15) is 4.39 Å². The number of ether oxygens (including phenoxy) is 2. The molecule has 0 radical (unpaired) electrons. The SMILES string of the molecule is CCOC(=O)c1nc(F)c(OC(F)(F)F)cc1CF. The van der Waals surface area contributed by atoms with Crippen molar-refractivity contribution in [1.82, 2.24) is 4.98 Å². The van der Waals surface area contributed by atoms with E-state index in [-0.39, 0.29) is 6.61 Å². The van der Waals surface area contributed by atoms with Crippen molar-refractivity contribution in [3.05, 3.63) is 23.3 Å². The summed E-state index contributed by atoms with van der Waals surface area (Å²) in [5, 5.41) is 0. The van der Waals surface area contributed by atoms with Crippen molar-refractivity contribution in [3.63, 3.8) is 0 Å². The number of carbonyl (C=O) groups is 1. The van der Waals surface area contributed by atoms with Crippen LogP contribution >= 0.6 is 0 Å². The van der Waals surface area contributed by atoms with Crippen molar-refractivity contribution >= 4 is 5.97 Å². The Balaban J connectivity index is 3.17. The molecule has 0 aliphatic rings. The van der Waals surface area contributed by atoms with Gasteiger partial charge in [0.1, 0.15) is 6.67 Å². The first-order valence-corrected chi connectivity index (χ1v) is 4.96.